The molecule has 0 amide bonds. The highest BCUT2D eigenvalue weighted by molar-refractivity contribution is 6.02. The average Bonchev–Trinajstić information content (AvgIpc) is 4.21. The third-order valence-electron chi connectivity index (χ3n) is 11.7. The summed E-state index contributed by atoms with van der Waals surface area (Å²) in [4.78, 5) is 37.0. The Labute approximate surface area is 395 Å². The third-order valence-corrected chi connectivity index (χ3v) is 11.7. The van der Waals surface area contributed by atoms with Crippen LogP contribution in [-0.4, -0.2) is 29.8 Å². The highest BCUT2D eigenvalue weighted by atomic mass is 19.2. The molecule has 2 N–H and O–H groups in total. The standard InChI is InChI=1S/C48H21F15N6O4/c1-48(2,3)14-12-23(68(70)71)29(24(13-14)69(72)73)25-15-4-6-17(64-15)26(30-33(49)39(55)45(61)40(56)34(30)50)19-8-10-21(66-19)28(32-37(53)43(59)47(63)44(60)38(32)54)22-11-9-20(67-22)27(18-7-5-16(25)65-18)31-35(51)41(57)46(62)42(58)36(31)52/h4-13,64,67H,1-3H3. The van der Waals surface area contributed by atoms with Gasteiger partial charge in [0.05, 0.1) is 49.3 Å². The van der Waals surface area contributed by atoms with Crippen LogP contribution in [0.2, 0.25) is 0 Å². The SMILES string of the molecule is CC(C)(C)c1cc([N+](=O)[O-])c(-c2c3nc(c(-c4c(F)c(F)c(F)c(F)c4F)c4ccc([nH]4)c(-c4c(F)c(F)c(F)c(F)c4F)c4nc(c(-c5c(F)c(F)c(F)c(F)c5F)c5ccc2[nH]5)C=C4)C=C3)c([N+](=O)[O-])c1. The zero-order valence-corrected chi connectivity index (χ0v) is 36.4. The summed E-state index contributed by atoms with van der Waals surface area (Å²) >= 11 is 0. The molecule has 8 bridgehead atoms. The number of nitro groups is 2. The van der Waals surface area contributed by atoms with E-state index in [2.05, 4.69) is 19.9 Å². The Balaban J connectivity index is 1.61. The minimum absolute atomic E-state index is 0.00154. The Kier molecular flexibility index (Phi) is 11.6. The molecule has 0 spiro atoms. The Bertz CT molecular complexity index is 3750. The van der Waals surface area contributed by atoms with Crippen molar-refractivity contribution in [3.63, 3.8) is 0 Å². The molecule has 73 heavy (non-hydrogen) atoms. The highest BCUT2D eigenvalue weighted by Crippen LogP contribution is 2.47. The maximum absolute atomic E-state index is 16.0. The van der Waals surface area contributed by atoms with Gasteiger partial charge in [-0.1, -0.05) is 20.8 Å². The van der Waals surface area contributed by atoms with Gasteiger partial charge >= 0.3 is 0 Å². The van der Waals surface area contributed by atoms with Gasteiger partial charge in [-0.3, -0.25) is 20.2 Å². The first-order chi connectivity index (χ1) is 34.3. The number of nitrogens with one attached hydrogen (secondary N) is 2. The molecule has 10 nitrogen and oxygen atoms in total. The number of fused-ring (bicyclic) bond motifs is 8. The van der Waals surface area contributed by atoms with Crippen LogP contribution in [0.25, 0.3) is 90.9 Å². The van der Waals surface area contributed by atoms with Crippen LogP contribution in [0.3, 0.4) is 0 Å². The molecular formula is C48H21F15N6O4. The van der Waals surface area contributed by atoms with Gasteiger partial charge in [-0.2, -0.15) is 0 Å². The number of nitrogens with zero attached hydrogens (tertiary/aromatic N) is 4. The van der Waals surface area contributed by atoms with Crippen molar-refractivity contribution in [1.82, 2.24) is 19.9 Å². The van der Waals surface area contributed by atoms with Crippen LogP contribution in [-0.2, 0) is 5.41 Å². The summed E-state index contributed by atoms with van der Waals surface area (Å²) in [6.45, 7) is 4.59. The Morgan fingerprint density at radius 1 is 0.370 bits per heavy atom. The smallest absolute Gasteiger partial charge is 0.284 e. The fourth-order valence-electron chi connectivity index (χ4n) is 8.32. The molecule has 3 aromatic heterocycles. The lowest BCUT2D eigenvalue weighted by molar-refractivity contribution is -0.392. The zero-order valence-electron chi connectivity index (χ0n) is 36.4. The molecule has 0 unspecified atom stereocenters. The van der Waals surface area contributed by atoms with Crippen molar-refractivity contribution in [2.75, 3.05) is 0 Å². The molecular weight excluding hydrogens is 1010 g/mol. The summed E-state index contributed by atoms with van der Waals surface area (Å²) in [6.07, 6.45) is 3.02. The van der Waals surface area contributed by atoms with Crippen LogP contribution in [0.5, 0.6) is 0 Å². The maximum Gasteiger partial charge on any atom is 0.284 e. The van der Waals surface area contributed by atoms with Crippen LogP contribution in [0.15, 0.2) is 36.4 Å². The van der Waals surface area contributed by atoms with E-state index >= 15 is 52.7 Å². The predicted molar refractivity (Wildman–Crippen MR) is 232 cm³/mol. The monoisotopic (exact) mass is 1030 g/mol. The first-order valence-electron chi connectivity index (χ1n) is 20.5. The molecule has 0 saturated carbocycles. The number of hydrogen-bond donors (Lipinski definition) is 2. The molecule has 7 aromatic rings. The normalized spacial score (nSPS) is 12.4. The van der Waals surface area contributed by atoms with Crippen molar-refractivity contribution in [3.05, 3.63) is 172 Å². The van der Waals surface area contributed by atoms with Crippen molar-refractivity contribution >= 4 is 57.7 Å². The van der Waals surface area contributed by atoms with E-state index in [0.717, 1.165) is 42.5 Å². The molecule has 5 heterocycles. The summed E-state index contributed by atoms with van der Waals surface area (Å²) < 4.78 is 230. The number of benzene rings is 4. The first kappa shape index (κ1) is 49.2. The molecule has 2 aliphatic rings. The van der Waals surface area contributed by atoms with Gasteiger partial charge in [0.1, 0.15) is 5.56 Å². The zero-order chi connectivity index (χ0) is 53.2. The third kappa shape index (κ3) is 7.55. The number of aromatic amines is 2. The summed E-state index contributed by atoms with van der Waals surface area (Å²) in [5.41, 5.74) is -20.2. The lowest BCUT2D eigenvalue weighted by atomic mass is 9.84. The van der Waals surface area contributed by atoms with Gasteiger partial charge in [0.15, 0.2) is 69.8 Å². The van der Waals surface area contributed by atoms with Crippen LogP contribution < -0.4 is 0 Å². The molecule has 0 atom stereocenters. The van der Waals surface area contributed by atoms with Crippen molar-refractivity contribution < 1.29 is 75.7 Å². The molecule has 0 radical (unpaired) electrons. The van der Waals surface area contributed by atoms with Gasteiger partial charge in [0.2, 0.25) is 17.5 Å². The maximum atomic E-state index is 16.0. The minimum Gasteiger partial charge on any atom is -0.354 e. The molecule has 2 aliphatic heterocycles. The number of aromatic nitrogens is 4. The summed E-state index contributed by atoms with van der Waals surface area (Å²) in [5, 5.41) is 26.0. The van der Waals surface area contributed by atoms with Crippen LogP contribution >= 0.6 is 0 Å². The van der Waals surface area contributed by atoms with Gasteiger partial charge in [0, 0.05) is 56.5 Å². The molecule has 25 heteroatoms. The van der Waals surface area contributed by atoms with Crippen molar-refractivity contribution in [2.45, 2.75) is 26.2 Å². The topological polar surface area (TPSA) is 144 Å². The highest BCUT2D eigenvalue weighted by Gasteiger charge is 2.37. The van der Waals surface area contributed by atoms with Crippen molar-refractivity contribution in [2.24, 2.45) is 0 Å². The van der Waals surface area contributed by atoms with Crippen molar-refractivity contribution in [1.29, 1.82) is 0 Å². The largest absolute Gasteiger partial charge is 0.354 e. The van der Waals surface area contributed by atoms with E-state index in [-0.39, 0.29) is 5.56 Å². The Hall–Kier alpha value is -8.77. The number of rotatable bonds is 6. The second kappa shape index (κ2) is 17.2. The van der Waals surface area contributed by atoms with E-state index in [4.69, 9.17) is 0 Å². The fraction of sp³-hybridized carbons (Fsp3) is 0.0833. The van der Waals surface area contributed by atoms with E-state index in [1.807, 2.05) is 0 Å². The summed E-state index contributed by atoms with van der Waals surface area (Å²) in [5.74, 6) is -38.6. The lowest BCUT2D eigenvalue weighted by Crippen LogP contribution is -2.13. The number of halogens is 15. The molecule has 4 aromatic carbocycles. The molecule has 0 fully saturated rings. The average molecular weight is 1030 g/mol. The summed E-state index contributed by atoms with van der Waals surface area (Å²) in [7, 11) is 0. The van der Waals surface area contributed by atoms with Gasteiger partial charge in [-0.05, 0) is 59.5 Å². The van der Waals surface area contributed by atoms with E-state index in [1.165, 1.54) is 20.8 Å². The van der Waals surface area contributed by atoms with E-state index in [0.29, 0.717) is 18.2 Å². The van der Waals surface area contributed by atoms with Crippen LogP contribution in [0, 0.1) is 107 Å². The molecule has 372 valence electrons. The van der Waals surface area contributed by atoms with Crippen LogP contribution in [0.4, 0.5) is 77.2 Å². The van der Waals surface area contributed by atoms with Gasteiger partial charge in [-0.15, -0.1) is 0 Å². The molecule has 0 aliphatic carbocycles. The van der Waals surface area contributed by atoms with E-state index in [9.17, 15) is 33.4 Å². The van der Waals surface area contributed by atoms with Crippen molar-refractivity contribution in [3.8, 4) is 44.5 Å². The van der Waals surface area contributed by atoms with Gasteiger partial charge < -0.3 is 9.97 Å². The quantitative estimate of drug-likeness (QED) is 0.0558. The fourth-order valence-corrected chi connectivity index (χ4v) is 8.32. The number of H-pyrrole nitrogens is 2. The van der Waals surface area contributed by atoms with Gasteiger partial charge in [-0.25, -0.2) is 75.8 Å². The summed E-state index contributed by atoms with van der Waals surface area (Å²) in [6, 6.07) is 4.98. The predicted octanol–water partition coefficient (Wildman–Crippen LogP) is 14.5. The second-order valence-corrected chi connectivity index (χ2v) is 17.0. The lowest BCUT2D eigenvalue weighted by Gasteiger charge is -2.19. The minimum atomic E-state index is -2.68. The van der Waals surface area contributed by atoms with Crippen LogP contribution in [0.1, 0.15) is 49.1 Å². The Morgan fingerprint density at radius 2 is 0.589 bits per heavy atom. The second-order valence-electron chi connectivity index (χ2n) is 17.0. The number of hydrogen-bond acceptors (Lipinski definition) is 6. The van der Waals surface area contributed by atoms with E-state index < -0.39 is 203 Å². The molecule has 0 saturated heterocycles. The van der Waals surface area contributed by atoms with Gasteiger partial charge in [0.25, 0.3) is 11.4 Å². The molecule has 9 rings (SSSR count). The van der Waals surface area contributed by atoms with E-state index in [1.54, 1.807) is 0 Å². The first-order valence-corrected chi connectivity index (χ1v) is 20.5. The Morgan fingerprint density at radius 3 is 0.808 bits per heavy atom. The number of nitro benzene ring substituents is 2.